The Morgan fingerprint density at radius 2 is 1.68 bits per heavy atom. The van der Waals surface area contributed by atoms with Crippen LogP contribution in [0, 0.1) is 0 Å². The normalized spacial score (nSPS) is 13.0. The zero-order valence-electron chi connectivity index (χ0n) is 14.7. The SMILES string of the molecule is CCOC(=O)/C=C/c1ccccc1O[C@](C)(C(=O)OC)C(=O)OCC. The quantitative estimate of drug-likeness (QED) is 0.307. The second-order valence-electron chi connectivity index (χ2n) is 4.97. The van der Waals surface area contributed by atoms with Crippen molar-refractivity contribution in [2.75, 3.05) is 20.3 Å². The Balaban J connectivity index is 3.16. The second kappa shape index (κ2) is 9.46. The van der Waals surface area contributed by atoms with Gasteiger partial charge in [-0.05, 0) is 32.9 Å². The molecule has 0 aliphatic rings. The molecule has 0 aliphatic heterocycles. The van der Waals surface area contributed by atoms with Crippen molar-refractivity contribution in [2.45, 2.75) is 26.4 Å². The topological polar surface area (TPSA) is 88.1 Å². The predicted molar refractivity (Wildman–Crippen MR) is 89.8 cm³/mol. The summed E-state index contributed by atoms with van der Waals surface area (Å²) >= 11 is 0. The lowest BCUT2D eigenvalue weighted by molar-refractivity contribution is -0.176. The Labute approximate surface area is 146 Å². The largest absolute Gasteiger partial charge is 0.466 e. The second-order valence-corrected chi connectivity index (χ2v) is 4.97. The van der Waals surface area contributed by atoms with Crippen molar-refractivity contribution in [3.63, 3.8) is 0 Å². The molecule has 0 bridgehead atoms. The van der Waals surface area contributed by atoms with E-state index in [1.165, 1.54) is 19.1 Å². The molecule has 25 heavy (non-hydrogen) atoms. The van der Waals surface area contributed by atoms with Crippen molar-refractivity contribution < 1.29 is 33.3 Å². The Kier molecular flexibility index (Phi) is 7.65. The summed E-state index contributed by atoms with van der Waals surface area (Å²) < 4.78 is 20.0. The smallest absolute Gasteiger partial charge is 0.362 e. The summed E-state index contributed by atoms with van der Waals surface area (Å²) in [4.78, 5) is 35.7. The van der Waals surface area contributed by atoms with Crippen LogP contribution in [-0.2, 0) is 28.6 Å². The van der Waals surface area contributed by atoms with Gasteiger partial charge < -0.3 is 18.9 Å². The van der Waals surface area contributed by atoms with Crippen LogP contribution < -0.4 is 4.74 Å². The fourth-order valence-electron chi connectivity index (χ4n) is 1.91. The van der Waals surface area contributed by atoms with E-state index in [1.54, 1.807) is 38.1 Å². The maximum absolute atomic E-state index is 12.2. The van der Waals surface area contributed by atoms with Crippen molar-refractivity contribution in [2.24, 2.45) is 0 Å². The van der Waals surface area contributed by atoms with E-state index in [4.69, 9.17) is 14.2 Å². The summed E-state index contributed by atoms with van der Waals surface area (Å²) in [6.45, 7) is 4.92. The number of benzene rings is 1. The van der Waals surface area contributed by atoms with E-state index >= 15 is 0 Å². The fraction of sp³-hybridized carbons (Fsp3) is 0.389. The van der Waals surface area contributed by atoms with E-state index in [2.05, 4.69) is 4.74 Å². The zero-order valence-corrected chi connectivity index (χ0v) is 14.7. The third-order valence-corrected chi connectivity index (χ3v) is 3.16. The van der Waals surface area contributed by atoms with Gasteiger partial charge in [0.2, 0.25) is 0 Å². The first kappa shape index (κ1) is 20.2. The van der Waals surface area contributed by atoms with E-state index in [0.717, 1.165) is 7.11 Å². The van der Waals surface area contributed by atoms with Crippen LogP contribution in [0.2, 0.25) is 0 Å². The molecule has 136 valence electrons. The molecule has 7 nitrogen and oxygen atoms in total. The van der Waals surface area contributed by atoms with Crippen LogP contribution >= 0.6 is 0 Å². The average molecular weight is 350 g/mol. The van der Waals surface area contributed by atoms with Crippen LogP contribution in [0.3, 0.4) is 0 Å². The summed E-state index contributed by atoms with van der Waals surface area (Å²) in [6, 6.07) is 6.61. The molecule has 0 fully saturated rings. The number of carbonyl (C=O) groups is 3. The van der Waals surface area contributed by atoms with Gasteiger partial charge in [0.25, 0.3) is 5.60 Å². The Morgan fingerprint density at radius 1 is 1.04 bits per heavy atom. The van der Waals surface area contributed by atoms with Gasteiger partial charge in [0.1, 0.15) is 5.75 Å². The molecule has 0 spiro atoms. The first-order valence-electron chi connectivity index (χ1n) is 7.77. The summed E-state index contributed by atoms with van der Waals surface area (Å²) in [7, 11) is 1.15. The molecular weight excluding hydrogens is 328 g/mol. The van der Waals surface area contributed by atoms with E-state index < -0.39 is 23.5 Å². The molecule has 0 unspecified atom stereocenters. The van der Waals surface area contributed by atoms with E-state index in [0.29, 0.717) is 5.56 Å². The molecule has 7 heteroatoms. The number of carbonyl (C=O) groups excluding carboxylic acids is 3. The highest BCUT2D eigenvalue weighted by Crippen LogP contribution is 2.26. The van der Waals surface area contributed by atoms with Crippen molar-refractivity contribution in [3.8, 4) is 5.75 Å². The van der Waals surface area contributed by atoms with Gasteiger partial charge in [-0.25, -0.2) is 14.4 Å². The van der Waals surface area contributed by atoms with Crippen LogP contribution in [0.25, 0.3) is 6.08 Å². The molecule has 0 N–H and O–H groups in total. The van der Waals surface area contributed by atoms with Crippen LogP contribution in [0.15, 0.2) is 30.3 Å². The average Bonchev–Trinajstić information content (AvgIpc) is 2.60. The molecular formula is C18H22O7. The number of methoxy groups -OCH3 is 1. The highest BCUT2D eigenvalue weighted by atomic mass is 16.6. The van der Waals surface area contributed by atoms with Crippen LogP contribution in [0.1, 0.15) is 26.3 Å². The van der Waals surface area contributed by atoms with Gasteiger partial charge >= 0.3 is 17.9 Å². The van der Waals surface area contributed by atoms with Crippen molar-refractivity contribution >= 4 is 24.0 Å². The number of hydrogen-bond donors (Lipinski definition) is 0. The van der Waals surface area contributed by atoms with Crippen LogP contribution in [0.4, 0.5) is 0 Å². The molecule has 0 radical (unpaired) electrons. The molecule has 1 atom stereocenters. The number of rotatable bonds is 8. The molecule has 1 aromatic rings. The minimum atomic E-state index is -1.97. The lowest BCUT2D eigenvalue weighted by atomic mass is 10.1. The first-order chi connectivity index (χ1) is 11.9. The summed E-state index contributed by atoms with van der Waals surface area (Å²) in [5, 5.41) is 0. The number of esters is 3. The third-order valence-electron chi connectivity index (χ3n) is 3.16. The van der Waals surface area contributed by atoms with Crippen LogP contribution in [-0.4, -0.2) is 43.8 Å². The van der Waals surface area contributed by atoms with Gasteiger partial charge in [-0.2, -0.15) is 0 Å². The van der Waals surface area contributed by atoms with Gasteiger partial charge in [0.05, 0.1) is 20.3 Å². The highest BCUT2D eigenvalue weighted by molar-refractivity contribution is 6.03. The molecule has 0 heterocycles. The van der Waals surface area contributed by atoms with Gasteiger partial charge in [-0.3, -0.25) is 0 Å². The molecule has 0 amide bonds. The monoisotopic (exact) mass is 350 g/mol. The maximum Gasteiger partial charge on any atom is 0.362 e. The standard InChI is InChI=1S/C18H22O7/c1-5-23-15(19)12-11-13-9-7-8-10-14(13)25-18(3,16(20)22-4)17(21)24-6-2/h7-12H,5-6H2,1-4H3/b12-11+/t18-/m1/s1. The highest BCUT2D eigenvalue weighted by Gasteiger charge is 2.47. The van der Waals surface area contributed by atoms with Gasteiger partial charge in [0.15, 0.2) is 0 Å². The lowest BCUT2D eigenvalue weighted by Crippen LogP contribution is -2.51. The molecule has 0 aliphatic carbocycles. The number of para-hydroxylation sites is 1. The molecule has 0 aromatic heterocycles. The molecule has 0 saturated heterocycles. The zero-order chi connectivity index (χ0) is 18.9. The summed E-state index contributed by atoms with van der Waals surface area (Å²) in [5.74, 6) is -2.07. The Bertz CT molecular complexity index is 651. The molecule has 0 saturated carbocycles. The van der Waals surface area contributed by atoms with Crippen molar-refractivity contribution in [1.82, 2.24) is 0 Å². The van der Waals surface area contributed by atoms with E-state index in [1.807, 2.05) is 0 Å². The van der Waals surface area contributed by atoms with Crippen LogP contribution in [0.5, 0.6) is 5.75 Å². The van der Waals surface area contributed by atoms with Crippen molar-refractivity contribution in [1.29, 1.82) is 0 Å². The minimum absolute atomic E-state index is 0.0825. The van der Waals surface area contributed by atoms with E-state index in [9.17, 15) is 14.4 Å². The Morgan fingerprint density at radius 3 is 2.28 bits per heavy atom. The summed E-state index contributed by atoms with van der Waals surface area (Å²) in [6.07, 6.45) is 2.70. The molecule has 1 rings (SSSR count). The molecule has 1 aromatic carbocycles. The van der Waals surface area contributed by atoms with Crippen molar-refractivity contribution in [3.05, 3.63) is 35.9 Å². The van der Waals surface area contributed by atoms with Gasteiger partial charge in [-0.1, -0.05) is 18.2 Å². The Hall–Kier alpha value is -2.83. The lowest BCUT2D eigenvalue weighted by Gasteiger charge is -2.26. The first-order valence-corrected chi connectivity index (χ1v) is 7.77. The van der Waals surface area contributed by atoms with E-state index in [-0.39, 0.29) is 19.0 Å². The summed E-state index contributed by atoms with van der Waals surface area (Å²) in [5.41, 5.74) is -1.49. The number of hydrogen-bond acceptors (Lipinski definition) is 7. The van der Waals surface area contributed by atoms with Gasteiger partial charge in [-0.15, -0.1) is 0 Å². The minimum Gasteiger partial charge on any atom is -0.466 e. The number of ether oxygens (including phenoxy) is 4. The third kappa shape index (κ3) is 5.34. The van der Waals surface area contributed by atoms with Gasteiger partial charge in [0, 0.05) is 11.6 Å². The predicted octanol–water partition coefficient (Wildman–Crippen LogP) is 2.14. The maximum atomic E-state index is 12.2. The fourth-order valence-corrected chi connectivity index (χ4v) is 1.91.